The Balaban J connectivity index is 3.10. The van der Waals surface area contributed by atoms with Gasteiger partial charge in [-0.3, -0.25) is 5.32 Å². The van der Waals surface area contributed by atoms with Crippen molar-refractivity contribution in [3.63, 3.8) is 0 Å². The lowest BCUT2D eigenvalue weighted by Crippen LogP contribution is -2.11. The van der Waals surface area contributed by atoms with Crippen molar-refractivity contribution in [2.75, 3.05) is 12.4 Å². The van der Waals surface area contributed by atoms with E-state index in [0.29, 0.717) is 5.69 Å². The second kappa shape index (κ2) is 5.14. The van der Waals surface area contributed by atoms with Gasteiger partial charge < -0.3 is 4.74 Å². The van der Waals surface area contributed by atoms with Gasteiger partial charge in [0.15, 0.2) is 10.7 Å². The summed E-state index contributed by atoms with van der Waals surface area (Å²) >= 11 is 0. The molecule has 0 aliphatic rings. The second-order valence-electron chi connectivity index (χ2n) is 2.72. The molecule has 1 aromatic carbocycles. The van der Waals surface area contributed by atoms with E-state index in [1.54, 1.807) is 6.07 Å². The number of hydrogen-bond donors (Lipinski definition) is 2. The molecule has 1 rings (SSSR count). The summed E-state index contributed by atoms with van der Waals surface area (Å²) in [4.78, 5) is 10.8. The average molecular weight is 240 g/mol. The lowest BCUT2D eigenvalue weighted by molar-refractivity contribution is 0.187. The first-order valence-electron chi connectivity index (χ1n) is 4.12. The fourth-order valence-electron chi connectivity index (χ4n) is 1.03. The summed E-state index contributed by atoms with van der Waals surface area (Å²) in [5, 5.41) is 11.0. The van der Waals surface area contributed by atoms with Crippen molar-refractivity contribution in [1.82, 2.24) is 0 Å². The van der Waals surface area contributed by atoms with Crippen molar-refractivity contribution in [2.45, 2.75) is 4.90 Å². The van der Waals surface area contributed by atoms with Gasteiger partial charge in [0.1, 0.15) is 6.07 Å². The topological polar surface area (TPSA) is 96.3 Å². The molecule has 0 aromatic heterocycles. The average Bonchev–Trinajstić information content (AvgIpc) is 2.28. The molecule has 0 saturated heterocycles. The van der Waals surface area contributed by atoms with E-state index in [1.165, 1.54) is 25.3 Å². The highest BCUT2D eigenvalue weighted by atomic mass is 32.2. The quantitative estimate of drug-likeness (QED) is 0.742. The summed E-state index contributed by atoms with van der Waals surface area (Å²) in [6, 6.07) is 5.61. The summed E-state index contributed by atoms with van der Waals surface area (Å²) < 4.78 is 25.8. The molecule has 0 heterocycles. The SMILES string of the molecule is COC(=O)Nc1ccc([SH](=O)=O)c(C#N)c1. The maximum Gasteiger partial charge on any atom is 0.411 e. The molecule has 7 heteroatoms. The fourth-order valence-corrected chi connectivity index (χ4v) is 1.54. The van der Waals surface area contributed by atoms with Crippen LogP contribution in [0.5, 0.6) is 0 Å². The van der Waals surface area contributed by atoms with Gasteiger partial charge in [-0.2, -0.15) is 5.26 Å². The number of nitrogens with zero attached hydrogens (tertiary/aromatic N) is 1. The molecule has 0 aliphatic carbocycles. The Labute approximate surface area is 93.4 Å². The van der Waals surface area contributed by atoms with Crippen LogP contribution < -0.4 is 5.32 Å². The molecule has 0 saturated carbocycles. The van der Waals surface area contributed by atoms with E-state index in [-0.39, 0.29) is 10.5 Å². The molecule has 1 N–H and O–H groups in total. The highest BCUT2D eigenvalue weighted by Gasteiger charge is 2.07. The zero-order valence-corrected chi connectivity index (χ0v) is 9.15. The van der Waals surface area contributed by atoms with Gasteiger partial charge in [-0.05, 0) is 18.2 Å². The normalized spacial score (nSPS) is 9.56. The van der Waals surface area contributed by atoms with Crippen molar-refractivity contribution in [1.29, 1.82) is 5.26 Å². The van der Waals surface area contributed by atoms with Crippen molar-refractivity contribution >= 4 is 22.5 Å². The van der Waals surface area contributed by atoms with Crippen LogP contribution >= 0.6 is 0 Å². The molecule has 0 spiro atoms. The maximum absolute atomic E-state index is 10.9. The molecule has 0 bridgehead atoms. The molecule has 84 valence electrons. The van der Waals surface area contributed by atoms with Gasteiger partial charge in [-0.15, -0.1) is 0 Å². The molecular weight excluding hydrogens is 232 g/mol. The van der Waals surface area contributed by atoms with Crippen molar-refractivity contribution < 1.29 is 17.9 Å². The van der Waals surface area contributed by atoms with E-state index in [1.807, 2.05) is 0 Å². The van der Waals surface area contributed by atoms with Crippen LogP contribution in [0.1, 0.15) is 5.56 Å². The zero-order valence-electron chi connectivity index (χ0n) is 8.26. The Morgan fingerprint density at radius 2 is 2.19 bits per heavy atom. The Bertz CT molecular complexity index is 523. The summed E-state index contributed by atoms with van der Waals surface area (Å²) in [5.41, 5.74) is 0.272. The van der Waals surface area contributed by atoms with Crippen LogP contribution in [0.15, 0.2) is 23.1 Å². The van der Waals surface area contributed by atoms with Crippen LogP contribution in [-0.4, -0.2) is 21.6 Å². The fraction of sp³-hybridized carbons (Fsp3) is 0.111. The standard InChI is InChI=1S/C9H8N2O4S/c1-15-9(12)11-7-2-3-8(16(13)14)6(4-7)5-10/h2-4,16H,1H3,(H,11,12). The number of carbonyl (C=O) groups is 1. The molecular formula is C9H8N2O4S. The Kier molecular flexibility index (Phi) is 3.85. The Morgan fingerprint density at radius 1 is 1.50 bits per heavy atom. The number of amides is 1. The summed E-state index contributed by atoms with van der Waals surface area (Å²) in [7, 11) is -1.63. The van der Waals surface area contributed by atoms with E-state index in [2.05, 4.69) is 10.1 Å². The molecule has 0 aliphatic heterocycles. The summed E-state index contributed by atoms with van der Waals surface area (Å²) in [5.74, 6) is 0. The van der Waals surface area contributed by atoms with E-state index < -0.39 is 16.8 Å². The molecule has 1 aromatic rings. The van der Waals surface area contributed by atoms with Crippen LogP contribution in [0.2, 0.25) is 0 Å². The molecule has 6 nitrogen and oxygen atoms in total. The molecule has 16 heavy (non-hydrogen) atoms. The van der Waals surface area contributed by atoms with E-state index in [9.17, 15) is 13.2 Å². The minimum atomic E-state index is -2.82. The molecule has 0 atom stereocenters. The first-order valence-corrected chi connectivity index (χ1v) is 5.29. The number of nitrogens with one attached hydrogen (secondary N) is 1. The third kappa shape index (κ3) is 2.71. The zero-order chi connectivity index (χ0) is 12.1. The molecule has 0 radical (unpaired) electrons. The van der Waals surface area contributed by atoms with Gasteiger partial charge in [0.2, 0.25) is 0 Å². The van der Waals surface area contributed by atoms with Crippen LogP contribution in [0.3, 0.4) is 0 Å². The van der Waals surface area contributed by atoms with Crippen LogP contribution in [0, 0.1) is 11.3 Å². The van der Waals surface area contributed by atoms with E-state index in [0.717, 1.165) is 0 Å². The third-order valence-corrected chi connectivity index (χ3v) is 2.53. The number of rotatable bonds is 2. The van der Waals surface area contributed by atoms with E-state index in [4.69, 9.17) is 5.26 Å². The number of methoxy groups -OCH3 is 1. The monoisotopic (exact) mass is 240 g/mol. The van der Waals surface area contributed by atoms with Crippen LogP contribution in [0.4, 0.5) is 10.5 Å². The van der Waals surface area contributed by atoms with Crippen LogP contribution in [0.25, 0.3) is 0 Å². The number of ether oxygens (including phenoxy) is 1. The third-order valence-electron chi connectivity index (χ3n) is 1.75. The van der Waals surface area contributed by atoms with Gasteiger partial charge in [0, 0.05) is 5.69 Å². The second-order valence-corrected chi connectivity index (χ2v) is 3.71. The predicted molar refractivity (Wildman–Crippen MR) is 55.8 cm³/mol. The summed E-state index contributed by atoms with van der Waals surface area (Å²) in [6.45, 7) is 0. The lowest BCUT2D eigenvalue weighted by Gasteiger charge is -2.04. The number of thiol groups is 1. The molecule has 0 fully saturated rings. The first kappa shape index (κ1) is 12.0. The summed E-state index contributed by atoms with van der Waals surface area (Å²) in [6.07, 6.45) is -0.692. The highest BCUT2D eigenvalue weighted by Crippen LogP contribution is 2.16. The van der Waals surface area contributed by atoms with E-state index >= 15 is 0 Å². The largest absolute Gasteiger partial charge is 0.453 e. The molecule has 0 unspecified atom stereocenters. The minimum Gasteiger partial charge on any atom is -0.453 e. The Hall–Kier alpha value is -2.07. The van der Waals surface area contributed by atoms with Gasteiger partial charge in [0.05, 0.1) is 17.6 Å². The number of carbonyl (C=O) groups excluding carboxylic acids is 1. The first-order chi connectivity index (χ1) is 7.58. The predicted octanol–water partition coefficient (Wildman–Crippen LogP) is 0.707. The number of anilines is 1. The smallest absolute Gasteiger partial charge is 0.411 e. The lowest BCUT2D eigenvalue weighted by atomic mass is 10.2. The highest BCUT2D eigenvalue weighted by molar-refractivity contribution is 7.72. The maximum atomic E-state index is 10.9. The Morgan fingerprint density at radius 3 is 2.69 bits per heavy atom. The van der Waals surface area contributed by atoms with Crippen molar-refractivity contribution in [2.24, 2.45) is 0 Å². The molecule has 1 amide bonds. The van der Waals surface area contributed by atoms with Gasteiger partial charge in [-0.1, -0.05) is 0 Å². The van der Waals surface area contributed by atoms with Gasteiger partial charge in [-0.25, -0.2) is 13.2 Å². The number of benzene rings is 1. The van der Waals surface area contributed by atoms with Crippen molar-refractivity contribution in [3.05, 3.63) is 23.8 Å². The van der Waals surface area contributed by atoms with Crippen molar-refractivity contribution in [3.8, 4) is 6.07 Å². The van der Waals surface area contributed by atoms with Gasteiger partial charge in [0.25, 0.3) is 0 Å². The minimum absolute atomic E-state index is 0.0231. The van der Waals surface area contributed by atoms with Crippen LogP contribution in [-0.2, 0) is 15.4 Å². The number of nitriles is 1. The van der Waals surface area contributed by atoms with Gasteiger partial charge >= 0.3 is 6.09 Å². The number of hydrogen-bond acceptors (Lipinski definition) is 5.